The molecule has 4 unspecified atom stereocenters. The molecule has 0 spiro atoms. The van der Waals surface area contributed by atoms with Gasteiger partial charge in [-0.1, -0.05) is 19.6 Å². The molecule has 3 fully saturated rings. The molecule has 0 radical (unpaired) electrons. The number of ether oxygens (including phenoxy) is 4. The van der Waals surface area contributed by atoms with Crippen LogP contribution in [0.2, 0.25) is 0 Å². The summed E-state index contributed by atoms with van der Waals surface area (Å²) in [5.74, 6) is -4.40. The maximum Gasteiger partial charge on any atom is 0.334 e. The highest BCUT2D eigenvalue weighted by molar-refractivity contribution is 5.92. The summed E-state index contributed by atoms with van der Waals surface area (Å²) in [7, 11) is 2.64. The summed E-state index contributed by atoms with van der Waals surface area (Å²) in [6, 6.07) is 0. The number of methoxy groups -OCH3 is 2. The van der Waals surface area contributed by atoms with Crippen molar-refractivity contribution in [2.24, 2.45) is 35.0 Å². The summed E-state index contributed by atoms with van der Waals surface area (Å²) in [5.41, 5.74) is -0.430. The van der Waals surface area contributed by atoms with Crippen LogP contribution in [-0.2, 0) is 38.1 Å². The van der Waals surface area contributed by atoms with Gasteiger partial charge in [-0.2, -0.15) is 0 Å². The van der Waals surface area contributed by atoms with E-state index in [-0.39, 0.29) is 11.5 Å². The summed E-state index contributed by atoms with van der Waals surface area (Å²) < 4.78 is 21.9. The second kappa shape index (κ2) is 8.71. The van der Waals surface area contributed by atoms with E-state index in [2.05, 4.69) is 6.58 Å². The summed E-state index contributed by atoms with van der Waals surface area (Å²) in [6.07, 6.45) is 0.880. The molecule has 176 valence electrons. The molecule has 0 amide bonds. The predicted octanol–water partition coefficient (Wildman–Crippen LogP) is 2.61. The Balaban J connectivity index is 2.20. The Bertz CT molecular complexity index is 873. The van der Waals surface area contributed by atoms with Crippen molar-refractivity contribution in [1.82, 2.24) is 0 Å². The third-order valence-electron chi connectivity index (χ3n) is 7.84. The first-order chi connectivity index (χ1) is 15.0. The van der Waals surface area contributed by atoms with Gasteiger partial charge in [-0.25, -0.2) is 9.59 Å². The fraction of sp³-hybridized carbons (Fsp3) is 0.667. The summed E-state index contributed by atoms with van der Waals surface area (Å²) in [5, 5.41) is 0. The lowest BCUT2D eigenvalue weighted by molar-refractivity contribution is -0.207. The number of fused-ring (bicyclic) bond motifs is 2. The first kappa shape index (κ1) is 24.0. The molecule has 32 heavy (non-hydrogen) atoms. The van der Waals surface area contributed by atoms with Gasteiger partial charge in [0.1, 0.15) is 12.2 Å². The largest absolute Gasteiger partial charge is 0.469 e. The van der Waals surface area contributed by atoms with Gasteiger partial charge < -0.3 is 18.9 Å². The Kier molecular flexibility index (Phi) is 6.54. The lowest BCUT2D eigenvalue weighted by Crippen LogP contribution is -2.63. The molecule has 0 N–H and O–H groups in total. The first-order valence-corrected chi connectivity index (χ1v) is 10.9. The average molecular weight is 449 g/mol. The predicted molar refractivity (Wildman–Crippen MR) is 113 cm³/mol. The minimum absolute atomic E-state index is 0.212. The molecule has 1 saturated heterocycles. The van der Waals surface area contributed by atoms with E-state index in [1.54, 1.807) is 26.8 Å². The molecule has 2 aliphatic carbocycles. The Morgan fingerprint density at radius 2 is 1.88 bits per heavy atom. The Labute approximate surface area is 188 Å². The van der Waals surface area contributed by atoms with Crippen LogP contribution in [0, 0.1) is 35.0 Å². The van der Waals surface area contributed by atoms with Crippen LogP contribution in [0.1, 0.15) is 40.5 Å². The smallest absolute Gasteiger partial charge is 0.334 e. The van der Waals surface area contributed by atoms with E-state index in [1.165, 1.54) is 14.2 Å². The quantitative estimate of drug-likeness (QED) is 0.367. The molecule has 8 nitrogen and oxygen atoms in total. The van der Waals surface area contributed by atoms with Crippen molar-refractivity contribution in [3.05, 3.63) is 23.8 Å². The van der Waals surface area contributed by atoms with Crippen molar-refractivity contribution in [3.63, 3.8) is 0 Å². The Morgan fingerprint density at radius 3 is 2.44 bits per heavy atom. The van der Waals surface area contributed by atoms with E-state index in [9.17, 15) is 19.2 Å². The highest BCUT2D eigenvalue weighted by Gasteiger charge is 2.67. The van der Waals surface area contributed by atoms with Crippen LogP contribution in [0.4, 0.5) is 0 Å². The van der Waals surface area contributed by atoms with Gasteiger partial charge in [0.05, 0.1) is 31.5 Å². The molecule has 1 heterocycles. The summed E-state index contributed by atoms with van der Waals surface area (Å²) >= 11 is 0. The third kappa shape index (κ3) is 3.53. The molecule has 0 aromatic heterocycles. The number of hydrogen-bond donors (Lipinski definition) is 0. The van der Waals surface area contributed by atoms with Crippen LogP contribution >= 0.6 is 0 Å². The van der Waals surface area contributed by atoms with Gasteiger partial charge in [-0.3, -0.25) is 9.59 Å². The van der Waals surface area contributed by atoms with Gasteiger partial charge in [-0.05, 0) is 45.4 Å². The van der Waals surface area contributed by atoms with Crippen LogP contribution in [0.5, 0.6) is 0 Å². The number of esters is 4. The molecule has 8 heteroatoms. The highest BCUT2D eigenvalue weighted by atomic mass is 16.6. The Hall–Kier alpha value is -2.64. The third-order valence-corrected chi connectivity index (χ3v) is 7.84. The SMILES string of the molecule is C=C1C(=O)O[C@@H]2[C@@H]1[C@H](OC(=O)/C(C)=C/C)C1C(C(C(=O)OC)CCC1(C)C(=O)OC)[C@H]2C. The van der Waals surface area contributed by atoms with E-state index < -0.39 is 65.2 Å². The molecule has 3 rings (SSSR count). The first-order valence-electron chi connectivity index (χ1n) is 10.9. The zero-order valence-electron chi connectivity index (χ0n) is 19.5. The Morgan fingerprint density at radius 1 is 1.22 bits per heavy atom. The van der Waals surface area contributed by atoms with E-state index in [0.29, 0.717) is 18.4 Å². The van der Waals surface area contributed by atoms with Crippen molar-refractivity contribution < 1.29 is 38.1 Å². The normalized spacial score (nSPS) is 38.8. The van der Waals surface area contributed by atoms with E-state index in [0.717, 1.165) is 0 Å². The maximum absolute atomic E-state index is 13.0. The number of carbonyl (C=O) groups excluding carboxylic acids is 4. The van der Waals surface area contributed by atoms with E-state index in [4.69, 9.17) is 18.9 Å². The van der Waals surface area contributed by atoms with Gasteiger partial charge in [-0.15, -0.1) is 0 Å². The van der Waals surface area contributed by atoms with Gasteiger partial charge >= 0.3 is 23.9 Å². The highest BCUT2D eigenvalue weighted by Crippen LogP contribution is 2.60. The minimum Gasteiger partial charge on any atom is -0.469 e. The number of allylic oxidation sites excluding steroid dienone is 1. The molecular formula is C24H32O8. The second-order valence-corrected chi connectivity index (χ2v) is 9.30. The van der Waals surface area contributed by atoms with Crippen LogP contribution in [0.15, 0.2) is 23.8 Å². The fourth-order valence-corrected chi connectivity index (χ4v) is 6.01. The lowest BCUT2D eigenvalue weighted by atomic mass is 9.48. The summed E-state index contributed by atoms with van der Waals surface area (Å²) in [6.45, 7) is 10.9. The summed E-state index contributed by atoms with van der Waals surface area (Å²) in [4.78, 5) is 51.1. The average Bonchev–Trinajstić information content (AvgIpc) is 3.09. The van der Waals surface area contributed by atoms with Crippen LogP contribution < -0.4 is 0 Å². The van der Waals surface area contributed by atoms with Crippen molar-refractivity contribution in [3.8, 4) is 0 Å². The van der Waals surface area contributed by atoms with E-state index >= 15 is 0 Å². The van der Waals surface area contributed by atoms with Crippen molar-refractivity contribution in [2.45, 2.75) is 52.7 Å². The number of rotatable bonds is 4. The van der Waals surface area contributed by atoms with Crippen molar-refractivity contribution in [2.75, 3.05) is 14.2 Å². The molecule has 1 aliphatic heterocycles. The molecule has 8 atom stereocenters. The van der Waals surface area contributed by atoms with Gasteiger partial charge in [0.25, 0.3) is 0 Å². The molecule has 0 aromatic carbocycles. The minimum atomic E-state index is -1.04. The molecule has 0 aromatic rings. The van der Waals surface area contributed by atoms with Crippen LogP contribution in [0.3, 0.4) is 0 Å². The second-order valence-electron chi connectivity index (χ2n) is 9.30. The fourth-order valence-electron chi connectivity index (χ4n) is 6.01. The van der Waals surface area contributed by atoms with Crippen molar-refractivity contribution >= 4 is 23.9 Å². The lowest BCUT2D eigenvalue weighted by Gasteiger charge is -2.56. The van der Waals surface area contributed by atoms with Crippen LogP contribution in [-0.4, -0.2) is 50.3 Å². The van der Waals surface area contributed by atoms with E-state index in [1.807, 2.05) is 6.92 Å². The monoisotopic (exact) mass is 448 g/mol. The molecule has 0 bridgehead atoms. The molecular weight excluding hydrogens is 416 g/mol. The van der Waals surface area contributed by atoms with Crippen molar-refractivity contribution in [1.29, 1.82) is 0 Å². The number of carbonyl (C=O) groups is 4. The topological polar surface area (TPSA) is 105 Å². The zero-order chi connectivity index (χ0) is 24.0. The van der Waals surface area contributed by atoms with Gasteiger partial charge in [0.2, 0.25) is 0 Å². The molecule has 3 aliphatic rings. The maximum atomic E-state index is 13.0. The van der Waals surface area contributed by atoms with Gasteiger partial charge in [0, 0.05) is 17.1 Å². The van der Waals surface area contributed by atoms with Crippen LogP contribution in [0.25, 0.3) is 0 Å². The number of hydrogen-bond acceptors (Lipinski definition) is 8. The van der Waals surface area contributed by atoms with Gasteiger partial charge in [0.15, 0.2) is 0 Å². The standard InChI is InChI=1S/C24H32O8/c1-8-11(2)20(25)32-19-16-13(4)21(26)31-18(16)12(3)15-14(22(27)29-6)9-10-24(5,17(15)19)23(28)30-7/h8,12,14-19H,4,9-10H2,1-3,5-7H3/b11-8+/t12-,14?,15?,16-,17?,18+,19+,24?/m1/s1. The molecule has 2 saturated carbocycles. The zero-order valence-corrected chi connectivity index (χ0v) is 19.5.